The highest BCUT2D eigenvalue weighted by Gasteiger charge is 2.37. The summed E-state index contributed by atoms with van der Waals surface area (Å²) in [5, 5.41) is 0. The molecule has 0 N–H and O–H groups in total. The highest BCUT2D eigenvalue weighted by Crippen LogP contribution is 2.36. The molecular formula is C17H18O4. The lowest BCUT2D eigenvalue weighted by atomic mass is 9.83. The van der Waals surface area contributed by atoms with Gasteiger partial charge in [-0.2, -0.15) is 0 Å². The van der Waals surface area contributed by atoms with E-state index in [9.17, 15) is 9.59 Å². The molecule has 0 fully saturated rings. The maximum Gasteiger partial charge on any atom is 0.333 e. The van der Waals surface area contributed by atoms with Gasteiger partial charge in [-0.25, -0.2) is 9.59 Å². The monoisotopic (exact) mass is 286 g/mol. The van der Waals surface area contributed by atoms with Gasteiger partial charge in [0.05, 0.1) is 13.0 Å². The molecule has 0 aromatic heterocycles. The van der Waals surface area contributed by atoms with Crippen LogP contribution in [0, 0.1) is 0 Å². The van der Waals surface area contributed by atoms with Gasteiger partial charge in [0, 0.05) is 11.6 Å². The quantitative estimate of drug-likeness (QED) is 0.617. The molecular weight excluding hydrogens is 268 g/mol. The zero-order valence-corrected chi connectivity index (χ0v) is 12.2. The van der Waals surface area contributed by atoms with Gasteiger partial charge in [-0.15, -0.1) is 0 Å². The van der Waals surface area contributed by atoms with E-state index < -0.39 is 18.0 Å². The number of hydrogen-bond acceptors (Lipinski definition) is 4. The van der Waals surface area contributed by atoms with Gasteiger partial charge >= 0.3 is 11.9 Å². The lowest BCUT2D eigenvalue weighted by Gasteiger charge is -2.26. The third kappa shape index (κ3) is 3.05. The van der Waals surface area contributed by atoms with Crippen molar-refractivity contribution in [3.8, 4) is 0 Å². The summed E-state index contributed by atoms with van der Waals surface area (Å²) in [6.45, 7) is 5.80. The van der Waals surface area contributed by atoms with E-state index in [1.807, 2.05) is 37.3 Å². The lowest BCUT2D eigenvalue weighted by molar-refractivity contribution is -0.141. The Hall–Kier alpha value is -2.36. The van der Waals surface area contributed by atoms with Crippen LogP contribution in [0.2, 0.25) is 0 Å². The second kappa shape index (κ2) is 6.39. The van der Waals surface area contributed by atoms with Gasteiger partial charge in [-0.05, 0) is 17.6 Å². The van der Waals surface area contributed by atoms with Gasteiger partial charge in [0.2, 0.25) is 0 Å². The van der Waals surface area contributed by atoms with Crippen LogP contribution >= 0.6 is 0 Å². The van der Waals surface area contributed by atoms with E-state index >= 15 is 0 Å². The molecule has 2 rings (SSSR count). The summed E-state index contributed by atoms with van der Waals surface area (Å²) >= 11 is 0. The minimum atomic E-state index is -0.503. The standard InChI is InChI=1S/C17H18O4/c1-4-12-10-14(18)21-16(12)15(11(2)17(19)20-3)13-8-6-5-7-9-13/h5-10,15-16H,2,4H2,1,3H3/t15-,16-/m0/s1. The minimum Gasteiger partial charge on any atom is -0.466 e. The summed E-state index contributed by atoms with van der Waals surface area (Å²) in [6.07, 6.45) is 1.66. The molecule has 0 spiro atoms. The third-order valence-corrected chi connectivity index (χ3v) is 3.60. The topological polar surface area (TPSA) is 52.6 Å². The van der Waals surface area contributed by atoms with E-state index in [-0.39, 0.29) is 11.5 Å². The van der Waals surface area contributed by atoms with Crippen molar-refractivity contribution in [1.82, 2.24) is 0 Å². The van der Waals surface area contributed by atoms with Crippen LogP contribution in [0.4, 0.5) is 0 Å². The van der Waals surface area contributed by atoms with E-state index in [0.717, 1.165) is 11.1 Å². The first-order valence-corrected chi connectivity index (χ1v) is 6.81. The SMILES string of the molecule is C=C(C(=O)OC)[C@@H](c1ccccc1)[C@H]1OC(=O)C=C1CC. The number of hydrogen-bond donors (Lipinski definition) is 0. The van der Waals surface area contributed by atoms with Gasteiger partial charge in [0.15, 0.2) is 0 Å². The summed E-state index contributed by atoms with van der Waals surface area (Å²) in [7, 11) is 1.31. The average Bonchev–Trinajstić information content (AvgIpc) is 2.88. The number of esters is 2. The van der Waals surface area contributed by atoms with Crippen LogP contribution in [-0.2, 0) is 19.1 Å². The molecule has 1 aliphatic rings. The normalized spacial score (nSPS) is 18.7. The predicted octanol–water partition coefficient (Wildman–Crippen LogP) is 2.76. The van der Waals surface area contributed by atoms with Crippen molar-refractivity contribution in [2.75, 3.05) is 7.11 Å². The largest absolute Gasteiger partial charge is 0.466 e. The molecule has 0 saturated carbocycles. The van der Waals surface area contributed by atoms with Crippen LogP contribution in [-0.4, -0.2) is 25.2 Å². The number of carbonyl (C=O) groups excluding carboxylic acids is 2. The van der Waals surface area contributed by atoms with E-state index in [2.05, 4.69) is 6.58 Å². The van der Waals surface area contributed by atoms with Crippen molar-refractivity contribution in [1.29, 1.82) is 0 Å². The molecule has 1 aromatic rings. The fourth-order valence-electron chi connectivity index (χ4n) is 2.53. The fourth-order valence-corrected chi connectivity index (χ4v) is 2.53. The summed E-state index contributed by atoms with van der Waals surface area (Å²) in [6, 6.07) is 9.41. The number of ether oxygens (including phenoxy) is 2. The number of benzene rings is 1. The zero-order valence-electron chi connectivity index (χ0n) is 12.2. The summed E-state index contributed by atoms with van der Waals surface area (Å²) in [4.78, 5) is 23.5. The third-order valence-electron chi connectivity index (χ3n) is 3.60. The first-order valence-electron chi connectivity index (χ1n) is 6.81. The maximum absolute atomic E-state index is 11.9. The Morgan fingerprint density at radius 3 is 2.62 bits per heavy atom. The molecule has 0 saturated heterocycles. The van der Waals surface area contributed by atoms with Crippen molar-refractivity contribution in [2.24, 2.45) is 0 Å². The van der Waals surface area contributed by atoms with Crippen LogP contribution in [0.25, 0.3) is 0 Å². The second-order valence-corrected chi connectivity index (χ2v) is 4.84. The minimum absolute atomic E-state index is 0.280. The summed E-state index contributed by atoms with van der Waals surface area (Å²) in [5.41, 5.74) is 2.01. The van der Waals surface area contributed by atoms with Gasteiger partial charge in [0.25, 0.3) is 0 Å². The Bertz CT molecular complexity index is 586. The van der Waals surface area contributed by atoms with Crippen molar-refractivity contribution >= 4 is 11.9 Å². The number of carbonyl (C=O) groups is 2. The Balaban J connectivity index is 2.42. The van der Waals surface area contributed by atoms with Gasteiger partial charge in [-0.1, -0.05) is 43.8 Å². The summed E-state index contributed by atoms with van der Waals surface area (Å²) < 4.78 is 10.2. The van der Waals surface area contributed by atoms with Gasteiger partial charge in [-0.3, -0.25) is 0 Å². The molecule has 110 valence electrons. The van der Waals surface area contributed by atoms with Gasteiger partial charge in [0.1, 0.15) is 6.10 Å². The first kappa shape index (κ1) is 15.0. The molecule has 21 heavy (non-hydrogen) atoms. The molecule has 0 amide bonds. The fraction of sp³-hybridized carbons (Fsp3) is 0.294. The van der Waals surface area contributed by atoms with Crippen LogP contribution in [0.1, 0.15) is 24.8 Å². The van der Waals surface area contributed by atoms with Crippen LogP contribution in [0.5, 0.6) is 0 Å². The molecule has 1 aromatic carbocycles. The van der Waals surface area contributed by atoms with Gasteiger partial charge < -0.3 is 9.47 Å². The predicted molar refractivity (Wildman–Crippen MR) is 78.6 cm³/mol. The molecule has 0 bridgehead atoms. The molecule has 0 unspecified atom stereocenters. The maximum atomic E-state index is 11.9. The summed E-state index contributed by atoms with van der Waals surface area (Å²) in [5.74, 6) is -1.31. The Kier molecular flexibility index (Phi) is 4.58. The molecule has 2 atom stereocenters. The van der Waals surface area contributed by atoms with Crippen molar-refractivity contribution < 1.29 is 19.1 Å². The van der Waals surface area contributed by atoms with Crippen LogP contribution < -0.4 is 0 Å². The van der Waals surface area contributed by atoms with Crippen molar-refractivity contribution in [2.45, 2.75) is 25.4 Å². The highest BCUT2D eigenvalue weighted by atomic mass is 16.5. The van der Waals surface area contributed by atoms with Crippen molar-refractivity contribution in [3.05, 3.63) is 59.7 Å². The number of cyclic esters (lactones) is 1. The van der Waals surface area contributed by atoms with E-state index in [1.165, 1.54) is 13.2 Å². The molecule has 0 radical (unpaired) electrons. The van der Waals surface area contributed by atoms with E-state index in [4.69, 9.17) is 9.47 Å². The molecule has 1 aliphatic heterocycles. The van der Waals surface area contributed by atoms with Crippen LogP contribution in [0.3, 0.4) is 0 Å². The smallest absolute Gasteiger partial charge is 0.333 e. The number of rotatable bonds is 5. The van der Waals surface area contributed by atoms with E-state index in [0.29, 0.717) is 6.42 Å². The van der Waals surface area contributed by atoms with Crippen LogP contribution in [0.15, 0.2) is 54.1 Å². The number of methoxy groups -OCH3 is 1. The Labute approximate surface area is 124 Å². The molecule has 4 nitrogen and oxygen atoms in total. The van der Waals surface area contributed by atoms with E-state index in [1.54, 1.807) is 0 Å². The highest BCUT2D eigenvalue weighted by molar-refractivity contribution is 5.91. The lowest BCUT2D eigenvalue weighted by Crippen LogP contribution is -2.26. The molecule has 0 aliphatic carbocycles. The average molecular weight is 286 g/mol. The molecule has 4 heteroatoms. The zero-order chi connectivity index (χ0) is 15.4. The Morgan fingerprint density at radius 2 is 2.05 bits per heavy atom. The van der Waals surface area contributed by atoms with Crippen molar-refractivity contribution in [3.63, 3.8) is 0 Å². The second-order valence-electron chi connectivity index (χ2n) is 4.84. The molecule has 1 heterocycles. The first-order chi connectivity index (χ1) is 10.1. The Morgan fingerprint density at radius 1 is 1.38 bits per heavy atom.